The SMILES string of the molecule is CCC(CC)c1ccc(-c2cc3c(N4CCNCC4)ccnn3c2)cc1. The Kier molecular flexibility index (Phi) is 4.93. The second kappa shape index (κ2) is 7.50. The fourth-order valence-electron chi connectivity index (χ4n) is 4.04. The molecule has 3 aromatic rings. The molecule has 0 amide bonds. The molecule has 4 nitrogen and oxygen atoms in total. The lowest BCUT2D eigenvalue weighted by Crippen LogP contribution is -2.43. The Morgan fingerprint density at radius 2 is 1.73 bits per heavy atom. The minimum atomic E-state index is 0.665. The maximum atomic E-state index is 4.53. The predicted octanol–water partition coefficient (Wildman–Crippen LogP) is 4.31. The van der Waals surface area contributed by atoms with Crippen molar-refractivity contribution in [3.63, 3.8) is 0 Å². The van der Waals surface area contributed by atoms with E-state index in [2.05, 4.69) is 71.8 Å². The van der Waals surface area contributed by atoms with Crippen molar-refractivity contribution in [3.8, 4) is 11.1 Å². The summed E-state index contributed by atoms with van der Waals surface area (Å²) in [6, 6.07) is 13.5. The van der Waals surface area contributed by atoms with Crippen LogP contribution in [0.3, 0.4) is 0 Å². The molecule has 1 aliphatic heterocycles. The summed E-state index contributed by atoms with van der Waals surface area (Å²) in [4.78, 5) is 2.45. The van der Waals surface area contributed by atoms with Crippen LogP contribution < -0.4 is 10.2 Å². The molecule has 1 saturated heterocycles. The van der Waals surface area contributed by atoms with Crippen LogP contribution in [0.1, 0.15) is 38.2 Å². The smallest absolute Gasteiger partial charge is 0.0886 e. The van der Waals surface area contributed by atoms with E-state index >= 15 is 0 Å². The highest BCUT2D eigenvalue weighted by atomic mass is 15.2. The standard InChI is InChI=1S/C22H28N4/c1-3-17(4-2)18-5-7-19(8-6-18)20-15-22-21(9-10-24-26(22)16-20)25-13-11-23-12-14-25/h5-10,15-17,23H,3-4,11-14H2,1-2H3. The first-order valence-electron chi connectivity index (χ1n) is 9.83. The number of benzene rings is 1. The molecule has 0 spiro atoms. The van der Waals surface area contributed by atoms with Crippen molar-refractivity contribution < 1.29 is 0 Å². The van der Waals surface area contributed by atoms with Crippen molar-refractivity contribution in [2.75, 3.05) is 31.1 Å². The fraction of sp³-hybridized carbons (Fsp3) is 0.409. The van der Waals surface area contributed by atoms with Crippen molar-refractivity contribution >= 4 is 11.2 Å². The number of piperazine rings is 1. The van der Waals surface area contributed by atoms with Gasteiger partial charge < -0.3 is 10.2 Å². The average molecular weight is 348 g/mol. The third-order valence-electron chi connectivity index (χ3n) is 5.65. The zero-order valence-corrected chi connectivity index (χ0v) is 15.8. The molecule has 0 aliphatic carbocycles. The van der Waals surface area contributed by atoms with E-state index in [9.17, 15) is 0 Å². The Labute approximate surface area is 155 Å². The van der Waals surface area contributed by atoms with E-state index in [0.29, 0.717) is 5.92 Å². The van der Waals surface area contributed by atoms with Crippen LogP contribution in [0, 0.1) is 0 Å². The molecule has 1 fully saturated rings. The molecule has 0 bridgehead atoms. The molecule has 1 aromatic carbocycles. The van der Waals surface area contributed by atoms with Gasteiger partial charge in [0, 0.05) is 44.1 Å². The molecule has 0 radical (unpaired) electrons. The van der Waals surface area contributed by atoms with E-state index in [1.165, 1.54) is 40.7 Å². The average Bonchev–Trinajstić information content (AvgIpc) is 3.14. The van der Waals surface area contributed by atoms with Gasteiger partial charge in [-0.3, -0.25) is 0 Å². The summed E-state index contributed by atoms with van der Waals surface area (Å²) in [7, 11) is 0. The van der Waals surface area contributed by atoms with Gasteiger partial charge in [0.2, 0.25) is 0 Å². The highest BCUT2D eigenvalue weighted by molar-refractivity contribution is 5.80. The van der Waals surface area contributed by atoms with E-state index in [-0.39, 0.29) is 0 Å². The highest BCUT2D eigenvalue weighted by Crippen LogP contribution is 2.30. The minimum Gasteiger partial charge on any atom is -0.367 e. The highest BCUT2D eigenvalue weighted by Gasteiger charge is 2.15. The van der Waals surface area contributed by atoms with E-state index in [4.69, 9.17) is 0 Å². The van der Waals surface area contributed by atoms with Crippen LogP contribution >= 0.6 is 0 Å². The van der Waals surface area contributed by atoms with Gasteiger partial charge in [-0.2, -0.15) is 5.10 Å². The molecule has 3 heterocycles. The summed E-state index contributed by atoms with van der Waals surface area (Å²) < 4.78 is 2.02. The number of rotatable bonds is 5. The Hall–Kier alpha value is -2.33. The number of aromatic nitrogens is 2. The Bertz CT molecular complexity index is 855. The zero-order chi connectivity index (χ0) is 17.9. The first-order chi connectivity index (χ1) is 12.8. The van der Waals surface area contributed by atoms with Crippen molar-refractivity contribution in [3.05, 3.63) is 54.4 Å². The van der Waals surface area contributed by atoms with Crippen LogP contribution in [0.25, 0.3) is 16.6 Å². The third-order valence-corrected chi connectivity index (χ3v) is 5.65. The normalized spacial score (nSPS) is 15.1. The van der Waals surface area contributed by atoms with E-state index < -0.39 is 0 Å². The van der Waals surface area contributed by atoms with Crippen molar-refractivity contribution in [1.82, 2.24) is 14.9 Å². The van der Waals surface area contributed by atoms with Gasteiger partial charge in [-0.1, -0.05) is 38.1 Å². The molecule has 1 N–H and O–H groups in total. The molecule has 0 atom stereocenters. The van der Waals surface area contributed by atoms with Crippen LogP contribution in [0.15, 0.2) is 48.8 Å². The number of hydrogen-bond donors (Lipinski definition) is 1. The summed E-state index contributed by atoms with van der Waals surface area (Å²) >= 11 is 0. The lowest BCUT2D eigenvalue weighted by molar-refractivity contribution is 0.589. The van der Waals surface area contributed by atoms with Crippen molar-refractivity contribution in [2.24, 2.45) is 0 Å². The Morgan fingerprint density at radius 3 is 2.42 bits per heavy atom. The maximum absolute atomic E-state index is 4.53. The Balaban J connectivity index is 1.67. The van der Waals surface area contributed by atoms with Crippen LogP contribution in [0.4, 0.5) is 5.69 Å². The van der Waals surface area contributed by atoms with Crippen LogP contribution in [0.2, 0.25) is 0 Å². The maximum Gasteiger partial charge on any atom is 0.0886 e. The van der Waals surface area contributed by atoms with E-state index in [1.54, 1.807) is 0 Å². The lowest BCUT2D eigenvalue weighted by Gasteiger charge is -2.29. The minimum absolute atomic E-state index is 0.665. The summed E-state index contributed by atoms with van der Waals surface area (Å²) in [5, 5.41) is 7.95. The third kappa shape index (κ3) is 3.21. The topological polar surface area (TPSA) is 32.6 Å². The zero-order valence-electron chi connectivity index (χ0n) is 15.8. The molecule has 4 heteroatoms. The molecule has 136 valence electrons. The Morgan fingerprint density at radius 1 is 1.00 bits per heavy atom. The van der Waals surface area contributed by atoms with Gasteiger partial charge in [-0.25, -0.2) is 4.52 Å². The first kappa shape index (κ1) is 17.1. The molecule has 0 unspecified atom stereocenters. The molecule has 1 aliphatic rings. The monoisotopic (exact) mass is 348 g/mol. The fourth-order valence-corrected chi connectivity index (χ4v) is 4.04. The second-order valence-corrected chi connectivity index (χ2v) is 7.15. The summed E-state index contributed by atoms with van der Waals surface area (Å²) in [6.45, 7) is 8.71. The van der Waals surface area contributed by atoms with E-state index in [0.717, 1.165) is 26.2 Å². The second-order valence-electron chi connectivity index (χ2n) is 7.15. The molecular formula is C22H28N4. The van der Waals surface area contributed by atoms with Gasteiger partial charge in [-0.05, 0) is 42.0 Å². The van der Waals surface area contributed by atoms with Gasteiger partial charge in [0.05, 0.1) is 11.2 Å². The van der Waals surface area contributed by atoms with E-state index in [1.807, 2.05) is 10.7 Å². The van der Waals surface area contributed by atoms with Crippen LogP contribution in [-0.2, 0) is 0 Å². The van der Waals surface area contributed by atoms with Gasteiger partial charge in [0.25, 0.3) is 0 Å². The predicted molar refractivity (Wildman–Crippen MR) is 109 cm³/mol. The van der Waals surface area contributed by atoms with Crippen molar-refractivity contribution in [2.45, 2.75) is 32.6 Å². The molecule has 0 saturated carbocycles. The largest absolute Gasteiger partial charge is 0.367 e. The lowest BCUT2D eigenvalue weighted by atomic mass is 9.93. The number of nitrogens with zero attached hydrogens (tertiary/aromatic N) is 3. The molecule has 2 aromatic heterocycles. The van der Waals surface area contributed by atoms with Crippen LogP contribution in [0.5, 0.6) is 0 Å². The van der Waals surface area contributed by atoms with Crippen LogP contribution in [-0.4, -0.2) is 35.8 Å². The number of nitrogens with one attached hydrogen (secondary N) is 1. The summed E-state index contributed by atoms with van der Waals surface area (Å²) in [6.07, 6.45) is 6.45. The molecule has 4 rings (SSSR count). The summed E-state index contributed by atoms with van der Waals surface area (Å²) in [5.41, 5.74) is 6.41. The number of anilines is 1. The van der Waals surface area contributed by atoms with Gasteiger partial charge in [0.15, 0.2) is 0 Å². The van der Waals surface area contributed by atoms with Gasteiger partial charge >= 0.3 is 0 Å². The molecular weight excluding hydrogens is 320 g/mol. The van der Waals surface area contributed by atoms with Gasteiger partial charge in [-0.15, -0.1) is 0 Å². The quantitative estimate of drug-likeness (QED) is 0.745. The first-order valence-corrected chi connectivity index (χ1v) is 9.83. The van der Waals surface area contributed by atoms with Gasteiger partial charge in [0.1, 0.15) is 0 Å². The number of hydrogen-bond acceptors (Lipinski definition) is 3. The number of fused-ring (bicyclic) bond motifs is 1. The summed E-state index contributed by atoms with van der Waals surface area (Å²) in [5.74, 6) is 0.665. The van der Waals surface area contributed by atoms with Crippen molar-refractivity contribution in [1.29, 1.82) is 0 Å². The molecule has 26 heavy (non-hydrogen) atoms.